The maximum absolute atomic E-state index is 10.3. The zero-order valence-electron chi connectivity index (χ0n) is 10.6. The van der Waals surface area contributed by atoms with Gasteiger partial charge in [0.1, 0.15) is 24.2 Å². The first-order valence-corrected chi connectivity index (χ1v) is 6.18. The summed E-state index contributed by atoms with van der Waals surface area (Å²) < 4.78 is 15.8. The van der Waals surface area contributed by atoms with Crippen LogP contribution < -0.4 is 9.47 Å². The van der Waals surface area contributed by atoms with Gasteiger partial charge in [-0.2, -0.15) is 0 Å². The Balaban J connectivity index is 2.87. The molecule has 0 amide bonds. The molecule has 2 N–H and O–H groups in total. The lowest BCUT2D eigenvalue weighted by atomic mass is 10.1. The first kappa shape index (κ1) is 15.7. The lowest BCUT2D eigenvalue weighted by molar-refractivity contribution is -0.143. The van der Waals surface area contributed by atoms with Gasteiger partial charge in [0, 0.05) is 5.56 Å². The van der Waals surface area contributed by atoms with Crippen molar-refractivity contribution in [1.29, 1.82) is 0 Å². The molecule has 106 valence electrons. The molecule has 0 aromatic heterocycles. The van der Waals surface area contributed by atoms with Crippen LogP contribution in [0, 0.1) is 0 Å². The number of carboxylic acid groups (broad SMARTS) is 1. The molecule has 0 radical (unpaired) electrons. The van der Waals surface area contributed by atoms with E-state index in [1.54, 1.807) is 12.1 Å². The van der Waals surface area contributed by atoms with E-state index in [0.29, 0.717) is 21.5 Å². The van der Waals surface area contributed by atoms with Gasteiger partial charge in [-0.05, 0) is 28.1 Å². The summed E-state index contributed by atoms with van der Waals surface area (Å²) in [6.07, 6.45) is -1.00. The predicted octanol–water partition coefficient (Wildman–Crippen LogP) is 1.60. The summed E-state index contributed by atoms with van der Waals surface area (Å²) in [4.78, 5) is 10.3. The summed E-state index contributed by atoms with van der Waals surface area (Å²) >= 11 is 3.31. The van der Waals surface area contributed by atoms with Crippen molar-refractivity contribution in [3.8, 4) is 11.5 Å². The Kier molecular flexibility index (Phi) is 6.07. The van der Waals surface area contributed by atoms with Gasteiger partial charge >= 0.3 is 5.97 Å². The zero-order valence-corrected chi connectivity index (χ0v) is 12.1. The third-order valence-electron chi connectivity index (χ3n) is 2.36. The zero-order chi connectivity index (χ0) is 14.4. The smallest absolute Gasteiger partial charge is 0.329 e. The maximum atomic E-state index is 10.3. The summed E-state index contributed by atoms with van der Waals surface area (Å²) in [5.41, 5.74) is 0.466. The van der Waals surface area contributed by atoms with E-state index in [1.807, 2.05) is 0 Å². The summed E-state index contributed by atoms with van der Waals surface area (Å²) in [7, 11) is 2.98. The van der Waals surface area contributed by atoms with Crippen molar-refractivity contribution in [2.45, 2.75) is 6.10 Å². The monoisotopic (exact) mass is 334 g/mol. The number of hydrogen-bond acceptors (Lipinski definition) is 5. The Bertz CT molecular complexity index is 448. The molecule has 1 aromatic carbocycles. The number of methoxy groups -OCH3 is 2. The maximum Gasteiger partial charge on any atom is 0.329 e. The van der Waals surface area contributed by atoms with Gasteiger partial charge in [-0.3, -0.25) is 0 Å². The number of aliphatic carboxylic acids is 1. The Labute approximate surface area is 119 Å². The third-order valence-corrected chi connectivity index (χ3v) is 2.98. The van der Waals surface area contributed by atoms with Crippen molar-refractivity contribution in [3.05, 3.63) is 22.2 Å². The number of aliphatic hydroxyl groups is 1. The molecular weight excluding hydrogens is 320 g/mol. The third kappa shape index (κ3) is 4.38. The van der Waals surface area contributed by atoms with Crippen molar-refractivity contribution >= 4 is 21.9 Å². The number of rotatable bonds is 7. The standard InChI is InChI=1S/C12H15BrO6/c1-17-10-4-8(13)11(18-2)3-7(10)9(14)5-19-6-12(15)16/h3-4,9,14H,5-6H2,1-2H3,(H,15,16). The molecule has 1 atom stereocenters. The Morgan fingerprint density at radius 1 is 1.32 bits per heavy atom. The van der Waals surface area contributed by atoms with Crippen LogP contribution in [0.15, 0.2) is 16.6 Å². The van der Waals surface area contributed by atoms with Crippen LogP contribution in [0.5, 0.6) is 11.5 Å². The van der Waals surface area contributed by atoms with E-state index in [0.717, 1.165) is 0 Å². The number of aliphatic hydroxyl groups excluding tert-OH is 1. The summed E-state index contributed by atoms with van der Waals surface area (Å²) in [5.74, 6) is -0.0975. The average Bonchev–Trinajstić information content (AvgIpc) is 2.37. The van der Waals surface area contributed by atoms with Gasteiger partial charge in [-0.25, -0.2) is 4.79 Å². The van der Waals surface area contributed by atoms with Crippen LogP contribution in [0.25, 0.3) is 0 Å². The van der Waals surface area contributed by atoms with Crippen molar-refractivity contribution < 1.29 is 29.2 Å². The van der Waals surface area contributed by atoms with Crippen molar-refractivity contribution in [2.24, 2.45) is 0 Å². The molecule has 1 rings (SSSR count). The highest BCUT2D eigenvalue weighted by molar-refractivity contribution is 9.10. The van der Waals surface area contributed by atoms with E-state index < -0.39 is 18.7 Å². The Morgan fingerprint density at radius 2 is 1.95 bits per heavy atom. The molecule has 0 bridgehead atoms. The van der Waals surface area contributed by atoms with Crippen LogP contribution in [0.2, 0.25) is 0 Å². The van der Waals surface area contributed by atoms with E-state index in [-0.39, 0.29) is 6.61 Å². The van der Waals surface area contributed by atoms with Crippen LogP contribution in [0.1, 0.15) is 11.7 Å². The SMILES string of the molecule is COc1cc(C(O)COCC(=O)O)c(OC)cc1Br. The Morgan fingerprint density at radius 3 is 2.47 bits per heavy atom. The fourth-order valence-electron chi connectivity index (χ4n) is 1.49. The molecule has 0 aliphatic heterocycles. The first-order valence-electron chi connectivity index (χ1n) is 5.38. The van der Waals surface area contributed by atoms with E-state index in [1.165, 1.54) is 14.2 Å². The second-order valence-electron chi connectivity index (χ2n) is 3.65. The molecule has 0 aliphatic rings. The second kappa shape index (κ2) is 7.32. The average molecular weight is 335 g/mol. The molecule has 7 heteroatoms. The van der Waals surface area contributed by atoms with Crippen LogP contribution in [0.4, 0.5) is 0 Å². The molecule has 0 heterocycles. The minimum absolute atomic E-state index is 0.145. The van der Waals surface area contributed by atoms with E-state index in [4.69, 9.17) is 19.3 Å². The van der Waals surface area contributed by atoms with Crippen molar-refractivity contribution in [2.75, 3.05) is 27.4 Å². The number of ether oxygens (including phenoxy) is 3. The second-order valence-corrected chi connectivity index (χ2v) is 4.51. The predicted molar refractivity (Wildman–Crippen MR) is 70.7 cm³/mol. The summed E-state index contributed by atoms with van der Waals surface area (Å²) in [6, 6.07) is 3.27. The Hall–Kier alpha value is -1.31. The fraction of sp³-hybridized carbons (Fsp3) is 0.417. The molecule has 19 heavy (non-hydrogen) atoms. The normalized spacial score (nSPS) is 12.0. The lowest BCUT2D eigenvalue weighted by Crippen LogP contribution is -2.13. The largest absolute Gasteiger partial charge is 0.496 e. The highest BCUT2D eigenvalue weighted by atomic mass is 79.9. The number of hydrogen-bond donors (Lipinski definition) is 2. The topological polar surface area (TPSA) is 85.2 Å². The fourth-order valence-corrected chi connectivity index (χ4v) is 1.98. The molecular formula is C12H15BrO6. The van der Waals surface area contributed by atoms with Crippen LogP contribution in [-0.2, 0) is 9.53 Å². The van der Waals surface area contributed by atoms with Crippen molar-refractivity contribution in [3.63, 3.8) is 0 Å². The molecule has 1 aromatic rings. The number of benzene rings is 1. The quantitative estimate of drug-likeness (QED) is 0.787. The minimum Gasteiger partial charge on any atom is -0.496 e. The highest BCUT2D eigenvalue weighted by Gasteiger charge is 2.17. The van der Waals surface area contributed by atoms with Gasteiger partial charge in [0.05, 0.1) is 25.3 Å². The van der Waals surface area contributed by atoms with Crippen LogP contribution >= 0.6 is 15.9 Å². The molecule has 6 nitrogen and oxygen atoms in total. The lowest BCUT2D eigenvalue weighted by Gasteiger charge is -2.16. The minimum atomic E-state index is -1.09. The van der Waals surface area contributed by atoms with Gasteiger partial charge in [-0.15, -0.1) is 0 Å². The van der Waals surface area contributed by atoms with Gasteiger partial charge in [0.25, 0.3) is 0 Å². The molecule has 0 aliphatic carbocycles. The van der Waals surface area contributed by atoms with Crippen molar-refractivity contribution in [1.82, 2.24) is 0 Å². The van der Waals surface area contributed by atoms with E-state index >= 15 is 0 Å². The number of halogens is 1. The van der Waals surface area contributed by atoms with Crippen LogP contribution in [0.3, 0.4) is 0 Å². The van der Waals surface area contributed by atoms with Gasteiger partial charge in [-0.1, -0.05) is 0 Å². The summed E-state index contributed by atoms with van der Waals surface area (Å²) in [5, 5.41) is 18.4. The van der Waals surface area contributed by atoms with Gasteiger partial charge in [0.15, 0.2) is 0 Å². The molecule has 0 saturated carbocycles. The number of carboxylic acids is 1. The number of carbonyl (C=O) groups is 1. The van der Waals surface area contributed by atoms with E-state index in [2.05, 4.69) is 15.9 Å². The van der Waals surface area contributed by atoms with E-state index in [9.17, 15) is 9.90 Å². The molecule has 0 fully saturated rings. The highest BCUT2D eigenvalue weighted by Crippen LogP contribution is 2.35. The molecule has 1 unspecified atom stereocenters. The first-order chi connectivity index (χ1) is 8.99. The van der Waals surface area contributed by atoms with Gasteiger partial charge in [0.2, 0.25) is 0 Å². The molecule has 0 spiro atoms. The van der Waals surface area contributed by atoms with Gasteiger partial charge < -0.3 is 24.4 Å². The van der Waals surface area contributed by atoms with Crippen LogP contribution in [-0.4, -0.2) is 43.6 Å². The molecule has 0 saturated heterocycles. The summed E-state index contributed by atoms with van der Waals surface area (Å²) in [6.45, 7) is -0.611.